The molecule has 0 heterocycles. The molecule has 0 radical (unpaired) electrons. The van der Waals surface area contributed by atoms with Crippen molar-refractivity contribution in [1.82, 2.24) is 10.2 Å². The van der Waals surface area contributed by atoms with Crippen LogP contribution in [0.5, 0.6) is 0 Å². The van der Waals surface area contributed by atoms with E-state index in [1.807, 2.05) is 55.5 Å². The summed E-state index contributed by atoms with van der Waals surface area (Å²) in [6.45, 7) is 6.95. The third-order valence-corrected chi connectivity index (χ3v) is 6.25. The average Bonchev–Trinajstić information content (AvgIpc) is 2.74. The highest BCUT2D eigenvalue weighted by atomic mass is 35.5. The van der Waals surface area contributed by atoms with E-state index in [9.17, 15) is 9.59 Å². The van der Waals surface area contributed by atoms with Gasteiger partial charge in [-0.3, -0.25) is 9.59 Å². The number of benzene rings is 2. The summed E-state index contributed by atoms with van der Waals surface area (Å²) >= 11 is 7.73. The summed E-state index contributed by atoms with van der Waals surface area (Å²) < 4.78 is 0. The standard InChI is InChI=1S/C24H31ClN2O2S/c1-4-5-14-26-24(29)19(3)27(15-20-12-10-18(2)11-13-20)23(28)17-30-16-21-8-6-7-9-22(21)25/h6-13,19H,4-5,14-17H2,1-3H3,(H,26,29)/t19-/m1/s1. The maximum atomic E-state index is 13.1. The lowest BCUT2D eigenvalue weighted by molar-refractivity contribution is -0.138. The van der Waals surface area contributed by atoms with E-state index in [4.69, 9.17) is 11.6 Å². The first-order valence-corrected chi connectivity index (χ1v) is 11.9. The summed E-state index contributed by atoms with van der Waals surface area (Å²) in [6, 6.07) is 15.2. The fourth-order valence-corrected chi connectivity index (χ4v) is 4.15. The number of carbonyl (C=O) groups excluding carboxylic acids is 2. The molecule has 2 aromatic carbocycles. The molecule has 2 amide bonds. The van der Waals surface area contributed by atoms with Crippen molar-refractivity contribution in [2.24, 2.45) is 0 Å². The molecule has 0 aromatic heterocycles. The monoisotopic (exact) mass is 446 g/mol. The Balaban J connectivity index is 2.04. The Morgan fingerprint density at radius 2 is 1.83 bits per heavy atom. The molecule has 2 rings (SSSR count). The van der Waals surface area contributed by atoms with Gasteiger partial charge in [-0.15, -0.1) is 11.8 Å². The molecule has 0 aliphatic carbocycles. The van der Waals surface area contributed by atoms with Crippen LogP contribution in [-0.2, 0) is 21.9 Å². The zero-order valence-electron chi connectivity index (χ0n) is 18.0. The molecule has 4 nitrogen and oxygen atoms in total. The van der Waals surface area contributed by atoms with Crippen molar-refractivity contribution in [2.75, 3.05) is 12.3 Å². The van der Waals surface area contributed by atoms with Crippen LogP contribution in [0.15, 0.2) is 48.5 Å². The Labute approximate surface area is 189 Å². The van der Waals surface area contributed by atoms with E-state index in [2.05, 4.69) is 12.2 Å². The Kier molecular flexibility index (Phi) is 10.2. The predicted molar refractivity (Wildman–Crippen MR) is 127 cm³/mol. The van der Waals surface area contributed by atoms with Crippen LogP contribution in [0, 0.1) is 6.92 Å². The molecular weight excluding hydrogens is 416 g/mol. The molecule has 6 heteroatoms. The summed E-state index contributed by atoms with van der Waals surface area (Å²) in [5.41, 5.74) is 3.18. The lowest BCUT2D eigenvalue weighted by Gasteiger charge is -2.29. The lowest BCUT2D eigenvalue weighted by Crippen LogP contribution is -2.48. The van der Waals surface area contributed by atoms with Crippen molar-refractivity contribution in [3.05, 3.63) is 70.2 Å². The van der Waals surface area contributed by atoms with Crippen molar-refractivity contribution in [3.8, 4) is 0 Å². The van der Waals surface area contributed by atoms with Crippen molar-refractivity contribution in [3.63, 3.8) is 0 Å². The van der Waals surface area contributed by atoms with Crippen LogP contribution in [0.4, 0.5) is 0 Å². The number of unbranched alkanes of at least 4 members (excludes halogenated alkanes) is 1. The lowest BCUT2D eigenvalue weighted by atomic mass is 10.1. The topological polar surface area (TPSA) is 49.4 Å². The molecule has 2 aromatic rings. The summed E-state index contributed by atoms with van der Waals surface area (Å²) in [5.74, 6) is 0.788. The third-order valence-electron chi connectivity index (χ3n) is 4.91. The Morgan fingerprint density at radius 3 is 2.50 bits per heavy atom. The van der Waals surface area contributed by atoms with Gasteiger partial charge in [0.05, 0.1) is 5.75 Å². The second kappa shape index (κ2) is 12.7. The maximum absolute atomic E-state index is 13.1. The average molecular weight is 447 g/mol. The molecular formula is C24H31ClN2O2S. The third kappa shape index (κ3) is 7.69. The predicted octanol–water partition coefficient (Wildman–Crippen LogP) is 5.22. The number of carbonyl (C=O) groups is 2. The molecule has 162 valence electrons. The van der Waals surface area contributed by atoms with E-state index in [0.29, 0.717) is 29.6 Å². The van der Waals surface area contributed by atoms with Gasteiger partial charge in [-0.1, -0.05) is 73.0 Å². The highest BCUT2D eigenvalue weighted by Crippen LogP contribution is 2.21. The quantitative estimate of drug-likeness (QED) is 0.481. The smallest absolute Gasteiger partial charge is 0.242 e. The van der Waals surface area contributed by atoms with Gasteiger partial charge in [0, 0.05) is 23.9 Å². The van der Waals surface area contributed by atoms with Gasteiger partial charge in [-0.05, 0) is 37.5 Å². The number of thioether (sulfide) groups is 1. The Morgan fingerprint density at radius 1 is 1.13 bits per heavy atom. The van der Waals surface area contributed by atoms with Crippen LogP contribution >= 0.6 is 23.4 Å². The summed E-state index contributed by atoms with van der Waals surface area (Å²) in [7, 11) is 0. The Bertz CT molecular complexity index is 826. The van der Waals surface area contributed by atoms with E-state index in [0.717, 1.165) is 29.5 Å². The first kappa shape index (κ1) is 24.3. The molecule has 0 saturated heterocycles. The van der Waals surface area contributed by atoms with Crippen LogP contribution in [0.25, 0.3) is 0 Å². The van der Waals surface area contributed by atoms with Gasteiger partial charge in [0.15, 0.2) is 0 Å². The first-order valence-electron chi connectivity index (χ1n) is 10.4. The SMILES string of the molecule is CCCCNC(=O)[C@@H](C)N(Cc1ccc(C)cc1)C(=O)CSCc1ccccc1Cl. The van der Waals surface area contributed by atoms with Gasteiger partial charge < -0.3 is 10.2 Å². The molecule has 0 saturated carbocycles. The molecule has 1 atom stereocenters. The number of aryl methyl sites for hydroxylation is 1. The molecule has 30 heavy (non-hydrogen) atoms. The minimum Gasteiger partial charge on any atom is -0.354 e. The number of hydrogen-bond acceptors (Lipinski definition) is 3. The molecule has 0 unspecified atom stereocenters. The first-order chi connectivity index (χ1) is 14.4. The van der Waals surface area contributed by atoms with Crippen molar-refractivity contribution in [2.45, 2.75) is 52.0 Å². The van der Waals surface area contributed by atoms with Gasteiger partial charge in [-0.25, -0.2) is 0 Å². The normalized spacial score (nSPS) is 11.7. The second-order valence-corrected chi connectivity index (χ2v) is 8.80. The number of halogens is 1. The summed E-state index contributed by atoms with van der Waals surface area (Å²) in [4.78, 5) is 27.3. The van der Waals surface area contributed by atoms with E-state index in [1.165, 1.54) is 11.8 Å². The van der Waals surface area contributed by atoms with Crippen LogP contribution in [0.3, 0.4) is 0 Å². The van der Waals surface area contributed by atoms with Crippen LogP contribution in [-0.4, -0.2) is 35.1 Å². The van der Waals surface area contributed by atoms with Crippen molar-refractivity contribution < 1.29 is 9.59 Å². The molecule has 0 bridgehead atoms. The van der Waals surface area contributed by atoms with Crippen molar-refractivity contribution in [1.29, 1.82) is 0 Å². The van der Waals surface area contributed by atoms with Gasteiger partial charge in [0.1, 0.15) is 6.04 Å². The van der Waals surface area contributed by atoms with Gasteiger partial charge in [0.25, 0.3) is 0 Å². The number of rotatable bonds is 11. The number of nitrogens with one attached hydrogen (secondary N) is 1. The minimum atomic E-state index is -0.531. The molecule has 0 fully saturated rings. The summed E-state index contributed by atoms with van der Waals surface area (Å²) in [6.07, 6.45) is 1.94. The zero-order chi connectivity index (χ0) is 21.9. The van der Waals surface area contributed by atoms with Crippen molar-refractivity contribution >= 4 is 35.2 Å². The molecule has 0 spiro atoms. The minimum absolute atomic E-state index is 0.0502. The van der Waals surface area contributed by atoms with E-state index >= 15 is 0 Å². The van der Waals surface area contributed by atoms with Crippen LogP contribution in [0.1, 0.15) is 43.4 Å². The van der Waals surface area contributed by atoms with E-state index < -0.39 is 6.04 Å². The maximum Gasteiger partial charge on any atom is 0.242 e. The fourth-order valence-electron chi connectivity index (χ4n) is 2.96. The highest BCUT2D eigenvalue weighted by Gasteiger charge is 2.25. The van der Waals surface area contributed by atoms with E-state index in [1.54, 1.807) is 11.8 Å². The molecule has 1 N–H and O–H groups in total. The van der Waals surface area contributed by atoms with E-state index in [-0.39, 0.29) is 11.8 Å². The number of nitrogens with zero attached hydrogens (tertiary/aromatic N) is 1. The van der Waals surface area contributed by atoms with Crippen LogP contribution < -0.4 is 5.32 Å². The largest absolute Gasteiger partial charge is 0.354 e. The van der Waals surface area contributed by atoms with Gasteiger partial charge >= 0.3 is 0 Å². The van der Waals surface area contributed by atoms with Gasteiger partial charge in [-0.2, -0.15) is 0 Å². The molecule has 0 aliphatic heterocycles. The number of amides is 2. The van der Waals surface area contributed by atoms with Gasteiger partial charge in [0.2, 0.25) is 11.8 Å². The fraction of sp³-hybridized carbons (Fsp3) is 0.417. The Hall–Kier alpha value is -1.98. The highest BCUT2D eigenvalue weighted by molar-refractivity contribution is 7.99. The zero-order valence-corrected chi connectivity index (χ0v) is 19.6. The number of hydrogen-bond donors (Lipinski definition) is 1. The second-order valence-electron chi connectivity index (χ2n) is 7.41. The van der Waals surface area contributed by atoms with Crippen LogP contribution in [0.2, 0.25) is 5.02 Å². The molecule has 0 aliphatic rings. The summed E-state index contributed by atoms with van der Waals surface area (Å²) in [5, 5.41) is 3.65.